The fourth-order valence-corrected chi connectivity index (χ4v) is 3.72. The molecule has 1 aromatic carbocycles. The Morgan fingerprint density at radius 1 is 1.38 bits per heavy atom. The van der Waals surface area contributed by atoms with Crippen LogP contribution in [-0.2, 0) is 11.8 Å². The van der Waals surface area contributed by atoms with E-state index in [4.69, 9.17) is 0 Å². The number of nitrogens with one attached hydrogen (secondary N) is 1. The second-order valence-electron chi connectivity index (χ2n) is 7.14. The van der Waals surface area contributed by atoms with Crippen molar-refractivity contribution < 1.29 is 9.18 Å². The highest BCUT2D eigenvalue weighted by Crippen LogP contribution is 2.29. The van der Waals surface area contributed by atoms with Crippen molar-refractivity contribution in [2.45, 2.75) is 31.7 Å². The lowest BCUT2D eigenvalue weighted by Gasteiger charge is -2.29. The molecule has 1 fully saturated rings. The molecule has 2 aromatic rings. The summed E-state index contributed by atoms with van der Waals surface area (Å²) in [7, 11) is 3.64. The normalized spacial score (nSPS) is 16.4. The number of aryl methyl sites for hydroxylation is 1. The van der Waals surface area contributed by atoms with Crippen LogP contribution in [0.25, 0.3) is 0 Å². The molecule has 0 saturated carbocycles. The summed E-state index contributed by atoms with van der Waals surface area (Å²) in [5.41, 5.74) is 1.64. The summed E-state index contributed by atoms with van der Waals surface area (Å²) in [5, 5.41) is 7.58. The molecule has 2 heterocycles. The van der Waals surface area contributed by atoms with Crippen molar-refractivity contribution in [3.8, 4) is 0 Å². The molecule has 3 rings (SSSR count). The van der Waals surface area contributed by atoms with Crippen molar-refractivity contribution in [3.05, 3.63) is 53.6 Å². The van der Waals surface area contributed by atoms with Crippen molar-refractivity contribution >= 4 is 5.91 Å². The number of hydrogen-bond acceptors (Lipinski definition) is 3. The second-order valence-corrected chi connectivity index (χ2v) is 7.14. The molecule has 140 valence electrons. The Morgan fingerprint density at radius 2 is 2.15 bits per heavy atom. The van der Waals surface area contributed by atoms with Gasteiger partial charge in [-0.2, -0.15) is 5.10 Å². The van der Waals surface area contributed by atoms with Crippen molar-refractivity contribution in [3.63, 3.8) is 0 Å². The molecule has 26 heavy (non-hydrogen) atoms. The Kier molecular flexibility index (Phi) is 6.04. The minimum absolute atomic E-state index is 0.0849. The SMILES string of the molecule is CN(C(=O)CCC1CCNCC1)C(c1cccc(F)c1)c1cnn(C)c1. The summed E-state index contributed by atoms with van der Waals surface area (Å²) in [6.45, 7) is 2.08. The highest BCUT2D eigenvalue weighted by molar-refractivity contribution is 5.77. The average Bonchev–Trinajstić information content (AvgIpc) is 3.06. The van der Waals surface area contributed by atoms with Gasteiger partial charge in [-0.05, 0) is 56.0 Å². The van der Waals surface area contributed by atoms with E-state index in [2.05, 4.69) is 10.4 Å². The molecule has 1 aliphatic heterocycles. The van der Waals surface area contributed by atoms with Crippen LogP contribution in [0.1, 0.15) is 42.9 Å². The molecule has 1 unspecified atom stereocenters. The molecule has 5 nitrogen and oxygen atoms in total. The minimum atomic E-state index is -0.333. The van der Waals surface area contributed by atoms with E-state index < -0.39 is 0 Å². The van der Waals surface area contributed by atoms with Gasteiger partial charge < -0.3 is 10.2 Å². The molecular weight excluding hydrogens is 331 g/mol. The molecule has 0 spiro atoms. The van der Waals surface area contributed by atoms with Crippen LogP contribution in [0.3, 0.4) is 0 Å². The second kappa shape index (κ2) is 8.45. The first-order valence-electron chi connectivity index (χ1n) is 9.25. The van der Waals surface area contributed by atoms with Crippen molar-refractivity contribution in [1.29, 1.82) is 0 Å². The van der Waals surface area contributed by atoms with E-state index in [0.29, 0.717) is 12.3 Å². The standard InChI is InChI=1S/C20H27FN4O/c1-24-14-17(13-23-24)20(16-4-3-5-18(21)12-16)25(2)19(26)7-6-15-8-10-22-11-9-15/h3-5,12-15,20,22H,6-11H2,1-2H3. The largest absolute Gasteiger partial charge is 0.334 e. The van der Waals surface area contributed by atoms with Gasteiger partial charge in [-0.1, -0.05) is 12.1 Å². The van der Waals surface area contributed by atoms with E-state index in [9.17, 15) is 9.18 Å². The van der Waals surface area contributed by atoms with Gasteiger partial charge in [0.05, 0.1) is 12.2 Å². The third-order valence-corrected chi connectivity index (χ3v) is 5.21. The topological polar surface area (TPSA) is 50.2 Å². The maximum absolute atomic E-state index is 13.8. The Hall–Kier alpha value is -2.21. The molecule has 1 aromatic heterocycles. The van der Waals surface area contributed by atoms with E-state index in [1.54, 1.807) is 28.9 Å². The van der Waals surface area contributed by atoms with Crippen LogP contribution in [-0.4, -0.2) is 40.7 Å². The van der Waals surface area contributed by atoms with Crippen molar-refractivity contribution in [2.24, 2.45) is 13.0 Å². The predicted molar refractivity (Wildman–Crippen MR) is 99.0 cm³/mol. The number of carbonyl (C=O) groups excluding carboxylic acids is 1. The summed E-state index contributed by atoms with van der Waals surface area (Å²) in [6, 6.07) is 6.12. The average molecular weight is 358 g/mol. The molecule has 1 saturated heterocycles. The van der Waals surface area contributed by atoms with Gasteiger partial charge in [0.2, 0.25) is 5.91 Å². The lowest BCUT2D eigenvalue weighted by Crippen LogP contribution is -2.33. The number of hydrogen-bond donors (Lipinski definition) is 1. The Bertz CT molecular complexity index is 739. The summed E-state index contributed by atoms with van der Waals surface area (Å²) < 4.78 is 15.5. The molecule has 0 radical (unpaired) electrons. The Labute approximate surface area is 154 Å². The van der Waals surface area contributed by atoms with Crippen LogP contribution in [0.5, 0.6) is 0 Å². The minimum Gasteiger partial charge on any atom is -0.334 e. The summed E-state index contributed by atoms with van der Waals surface area (Å²) >= 11 is 0. The molecule has 0 bridgehead atoms. The van der Waals surface area contributed by atoms with E-state index >= 15 is 0 Å². The number of rotatable bonds is 6. The summed E-state index contributed by atoms with van der Waals surface area (Å²) in [4.78, 5) is 14.6. The highest BCUT2D eigenvalue weighted by Gasteiger charge is 2.26. The molecule has 6 heteroatoms. The fraction of sp³-hybridized carbons (Fsp3) is 0.500. The van der Waals surface area contributed by atoms with Crippen LogP contribution < -0.4 is 5.32 Å². The van der Waals surface area contributed by atoms with E-state index in [1.807, 2.05) is 19.3 Å². The van der Waals surface area contributed by atoms with Gasteiger partial charge in [0.1, 0.15) is 5.82 Å². The first-order valence-corrected chi connectivity index (χ1v) is 9.25. The number of piperidine rings is 1. The van der Waals surface area contributed by atoms with Crippen molar-refractivity contribution in [1.82, 2.24) is 20.0 Å². The van der Waals surface area contributed by atoms with Gasteiger partial charge in [0.25, 0.3) is 0 Å². The molecule has 0 aliphatic carbocycles. The van der Waals surface area contributed by atoms with Gasteiger partial charge in [-0.15, -0.1) is 0 Å². The maximum Gasteiger partial charge on any atom is 0.223 e. The Morgan fingerprint density at radius 3 is 2.81 bits per heavy atom. The number of nitrogens with zero attached hydrogens (tertiary/aromatic N) is 3. The first kappa shape index (κ1) is 18.6. The zero-order valence-corrected chi connectivity index (χ0v) is 15.5. The first-order chi connectivity index (χ1) is 12.5. The molecule has 1 aliphatic rings. The van der Waals surface area contributed by atoms with Gasteiger partial charge in [-0.3, -0.25) is 9.48 Å². The zero-order chi connectivity index (χ0) is 18.5. The lowest BCUT2D eigenvalue weighted by atomic mass is 9.92. The maximum atomic E-state index is 13.8. The lowest BCUT2D eigenvalue weighted by molar-refractivity contribution is -0.131. The van der Waals surface area contributed by atoms with Crippen LogP contribution in [0.15, 0.2) is 36.7 Å². The number of benzene rings is 1. The van der Waals surface area contributed by atoms with Crippen LogP contribution in [0.2, 0.25) is 0 Å². The monoisotopic (exact) mass is 358 g/mol. The Balaban J connectivity index is 1.75. The quantitative estimate of drug-likeness (QED) is 0.864. The predicted octanol–water partition coefficient (Wildman–Crippen LogP) is 2.89. The summed E-state index contributed by atoms with van der Waals surface area (Å²) in [6.07, 6.45) is 7.32. The number of carbonyl (C=O) groups is 1. The van der Waals surface area contributed by atoms with Gasteiger partial charge in [0.15, 0.2) is 0 Å². The number of halogens is 1. The van der Waals surface area contributed by atoms with E-state index in [-0.39, 0.29) is 17.8 Å². The van der Waals surface area contributed by atoms with Crippen LogP contribution >= 0.6 is 0 Å². The molecule has 1 atom stereocenters. The third-order valence-electron chi connectivity index (χ3n) is 5.21. The van der Waals surface area contributed by atoms with E-state index in [1.165, 1.54) is 12.1 Å². The highest BCUT2D eigenvalue weighted by atomic mass is 19.1. The van der Waals surface area contributed by atoms with Gasteiger partial charge in [-0.25, -0.2) is 4.39 Å². The number of aromatic nitrogens is 2. The third kappa shape index (κ3) is 4.49. The molecule has 1 amide bonds. The van der Waals surface area contributed by atoms with Gasteiger partial charge in [0, 0.05) is 32.3 Å². The smallest absolute Gasteiger partial charge is 0.223 e. The van der Waals surface area contributed by atoms with Gasteiger partial charge >= 0.3 is 0 Å². The molecule has 1 N–H and O–H groups in total. The van der Waals surface area contributed by atoms with E-state index in [0.717, 1.165) is 43.5 Å². The van der Waals surface area contributed by atoms with Crippen LogP contribution in [0, 0.1) is 11.7 Å². The van der Waals surface area contributed by atoms with Crippen LogP contribution in [0.4, 0.5) is 4.39 Å². The summed E-state index contributed by atoms with van der Waals surface area (Å²) in [5.74, 6) is 0.396. The number of amides is 1. The zero-order valence-electron chi connectivity index (χ0n) is 15.5. The fourth-order valence-electron chi connectivity index (χ4n) is 3.72. The molecular formula is C20H27FN4O. The van der Waals surface area contributed by atoms with Crippen molar-refractivity contribution in [2.75, 3.05) is 20.1 Å².